The van der Waals surface area contributed by atoms with Crippen molar-refractivity contribution in [3.8, 4) is 0 Å². The Hall–Kier alpha value is -1.96. The van der Waals surface area contributed by atoms with E-state index in [0.29, 0.717) is 13.1 Å². The van der Waals surface area contributed by atoms with Crippen LogP contribution in [0.4, 0.5) is 4.39 Å². The van der Waals surface area contributed by atoms with Crippen LogP contribution >= 0.6 is 11.6 Å². The van der Waals surface area contributed by atoms with E-state index in [2.05, 4.69) is 5.32 Å². The number of halogens is 2. The van der Waals surface area contributed by atoms with Gasteiger partial charge >= 0.3 is 0 Å². The number of sulfonamides is 1. The highest BCUT2D eigenvalue weighted by molar-refractivity contribution is 7.89. The van der Waals surface area contributed by atoms with Gasteiger partial charge in [-0.1, -0.05) is 23.7 Å². The highest BCUT2D eigenvalue weighted by Crippen LogP contribution is 2.25. The van der Waals surface area contributed by atoms with Gasteiger partial charge in [0.2, 0.25) is 10.0 Å². The normalized spacial score (nSPS) is 15.2. The average molecular weight is 397 g/mol. The Morgan fingerprint density at radius 1 is 1.12 bits per heavy atom. The van der Waals surface area contributed by atoms with Gasteiger partial charge < -0.3 is 5.32 Å². The van der Waals surface area contributed by atoms with Gasteiger partial charge in [0.05, 0.1) is 15.5 Å². The first-order valence-corrected chi connectivity index (χ1v) is 10.0. The van der Waals surface area contributed by atoms with Gasteiger partial charge in [-0.2, -0.15) is 4.31 Å². The van der Waals surface area contributed by atoms with E-state index in [9.17, 15) is 17.6 Å². The topological polar surface area (TPSA) is 66.5 Å². The Balaban J connectivity index is 1.78. The Kier molecular flexibility index (Phi) is 5.60. The zero-order valence-electron chi connectivity index (χ0n) is 13.9. The Labute approximate surface area is 156 Å². The van der Waals surface area contributed by atoms with Gasteiger partial charge in [-0.05, 0) is 48.7 Å². The van der Waals surface area contributed by atoms with Gasteiger partial charge in [0.25, 0.3) is 5.91 Å². The fourth-order valence-corrected chi connectivity index (χ4v) is 4.54. The van der Waals surface area contributed by atoms with Crippen molar-refractivity contribution >= 4 is 27.5 Å². The van der Waals surface area contributed by atoms with Crippen molar-refractivity contribution in [2.75, 3.05) is 13.1 Å². The number of benzene rings is 2. The molecule has 0 atom stereocenters. The summed E-state index contributed by atoms with van der Waals surface area (Å²) in [4.78, 5) is 12.5. The summed E-state index contributed by atoms with van der Waals surface area (Å²) in [6, 6.07) is 9.85. The first kappa shape index (κ1) is 18.8. The number of hydrogen-bond donors (Lipinski definition) is 1. The minimum absolute atomic E-state index is 0.0516. The number of hydrogen-bond acceptors (Lipinski definition) is 3. The second-order valence-electron chi connectivity index (χ2n) is 6.06. The number of nitrogens with one attached hydrogen (secondary N) is 1. The molecule has 0 aliphatic carbocycles. The zero-order valence-corrected chi connectivity index (χ0v) is 15.5. The predicted octanol–water partition coefficient (Wildman–Crippen LogP) is 3.19. The van der Waals surface area contributed by atoms with Gasteiger partial charge in [0, 0.05) is 19.6 Å². The lowest BCUT2D eigenvalue weighted by Crippen LogP contribution is -2.28. The molecule has 26 heavy (non-hydrogen) atoms. The molecule has 138 valence electrons. The Bertz CT molecular complexity index is 911. The molecule has 0 aromatic heterocycles. The van der Waals surface area contributed by atoms with E-state index in [0.717, 1.165) is 18.4 Å². The van der Waals surface area contributed by atoms with Crippen LogP contribution in [0.25, 0.3) is 0 Å². The van der Waals surface area contributed by atoms with E-state index in [1.807, 2.05) is 0 Å². The van der Waals surface area contributed by atoms with Crippen LogP contribution in [-0.2, 0) is 16.6 Å². The van der Waals surface area contributed by atoms with E-state index in [-0.39, 0.29) is 27.8 Å². The quantitative estimate of drug-likeness (QED) is 0.844. The fraction of sp³-hybridized carbons (Fsp3) is 0.278. The van der Waals surface area contributed by atoms with Crippen LogP contribution in [-0.4, -0.2) is 31.7 Å². The number of rotatable bonds is 5. The Morgan fingerprint density at radius 3 is 2.42 bits per heavy atom. The van der Waals surface area contributed by atoms with Crippen molar-refractivity contribution in [1.29, 1.82) is 0 Å². The molecular weight excluding hydrogens is 379 g/mol. The first-order valence-electron chi connectivity index (χ1n) is 8.20. The van der Waals surface area contributed by atoms with Crippen LogP contribution < -0.4 is 5.32 Å². The molecule has 2 aromatic carbocycles. The number of amides is 1. The molecule has 2 aromatic rings. The molecule has 1 N–H and O–H groups in total. The van der Waals surface area contributed by atoms with Crippen molar-refractivity contribution in [2.24, 2.45) is 0 Å². The first-order chi connectivity index (χ1) is 12.4. The van der Waals surface area contributed by atoms with Crippen molar-refractivity contribution in [2.45, 2.75) is 24.3 Å². The maximum absolute atomic E-state index is 12.9. The smallest absolute Gasteiger partial charge is 0.253 e. The van der Waals surface area contributed by atoms with E-state index in [1.54, 1.807) is 12.1 Å². The van der Waals surface area contributed by atoms with Crippen molar-refractivity contribution in [3.05, 3.63) is 64.4 Å². The lowest BCUT2D eigenvalue weighted by atomic mass is 10.2. The summed E-state index contributed by atoms with van der Waals surface area (Å²) >= 11 is 6.08. The summed E-state index contributed by atoms with van der Waals surface area (Å²) in [5.41, 5.74) is 0.811. The van der Waals surface area contributed by atoms with Crippen LogP contribution in [0, 0.1) is 5.82 Å². The van der Waals surface area contributed by atoms with Gasteiger partial charge in [0.1, 0.15) is 5.82 Å². The predicted molar refractivity (Wildman–Crippen MR) is 97.0 cm³/mol. The highest BCUT2D eigenvalue weighted by atomic mass is 35.5. The minimum atomic E-state index is -3.63. The summed E-state index contributed by atoms with van der Waals surface area (Å²) in [6.45, 7) is 1.15. The van der Waals surface area contributed by atoms with Crippen molar-refractivity contribution < 1.29 is 17.6 Å². The van der Waals surface area contributed by atoms with E-state index in [4.69, 9.17) is 11.6 Å². The fourth-order valence-electron chi connectivity index (χ4n) is 2.80. The second-order valence-corrected chi connectivity index (χ2v) is 8.41. The molecule has 1 fully saturated rings. The van der Waals surface area contributed by atoms with Gasteiger partial charge in [-0.15, -0.1) is 0 Å². The van der Waals surface area contributed by atoms with Crippen LogP contribution in [0.1, 0.15) is 28.8 Å². The molecule has 0 saturated carbocycles. The maximum Gasteiger partial charge on any atom is 0.253 e. The molecule has 1 aliphatic heterocycles. The van der Waals surface area contributed by atoms with Gasteiger partial charge in [-0.25, -0.2) is 12.8 Å². The largest absolute Gasteiger partial charge is 0.348 e. The summed E-state index contributed by atoms with van der Waals surface area (Å²) in [5.74, 6) is -0.847. The molecule has 3 rings (SSSR count). The molecule has 8 heteroatoms. The number of carbonyl (C=O) groups excluding carboxylic acids is 1. The monoisotopic (exact) mass is 396 g/mol. The second kappa shape index (κ2) is 7.73. The summed E-state index contributed by atoms with van der Waals surface area (Å²) in [7, 11) is -3.63. The minimum Gasteiger partial charge on any atom is -0.348 e. The SMILES string of the molecule is O=C(NCc1ccc(F)cc1)c1cc(S(=O)(=O)N2CCCC2)ccc1Cl. The van der Waals surface area contributed by atoms with Crippen LogP contribution in [0.3, 0.4) is 0 Å². The molecule has 0 unspecified atom stereocenters. The van der Waals surface area contributed by atoms with Crippen LogP contribution in [0.5, 0.6) is 0 Å². The van der Waals surface area contributed by atoms with Crippen molar-refractivity contribution in [3.63, 3.8) is 0 Å². The Morgan fingerprint density at radius 2 is 1.77 bits per heavy atom. The maximum atomic E-state index is 12.9. The van der Waals surface area contributed by atoms with Gasteiger partial charge in [-0.3, -0.25) is 4.79 Å². The number of nitrogens with zero attached hydrogens (tertiary/aromatic N) is 1. The molecular formula is C18H18ClFN2O3S. The van der Waals surface area contributed by atoms with E-state index < -0.39 is 15.9 Å². The standard InChI is InChI=1S/C18H18ClFN2O3S/c19-17-8-7-15(26(24,25)22-9-1-2-10-22)11-16(17)18(23)21-12-13-3-5-14(20)6-4-13/h3-8,11H,1-2,9-10,12H2,(H,21,23). The third-order valence-electron chi connectivity index (χ3n) is 4.25. The number of carbonyl (C=O) groups is 1. The third-order valence-corrected chi connectivity index (χ3v) is 6.48. The molecule has 1 aliphatic rings. The van der Waals surface area contributed by atoms with E-state index in [1.165, 1.54) is 34.6 Å². The highest BCUT2D eigenvalue weighted by Gasteiger charge is 2.28. The lowest BCUT2D eigenvalue weighted by Gasteiger charge is -2.16. The molecule has 1 saturated heterocycles. The molecule has 0 spiro atoms. The summed E-state index contributed by atoms with van der Waals surface area (Å²) < 4.78 is 39.6. The molecule has 1 amide bonds. The third kappa shape index (κ3) is 4.06. The summed E-state index contributed by atoms with van der Waals surface area (Å²) in [5, 5.41) is 2.84. The van der Waals surface area contributed by atoms with Crippen molar-refractivity contribution in [1.82, 2.24) is 9.62 Å². The molecule has 0 radical (unpaired) electrons. The van der Waals surface area contributed by atoms with Crippen LogP contribution in [0.2, 0.25) is 5.02 Å². The van der Waals surface area contributed by atoms with Gasteiger partial charge in [0.15, 0.2) is 0 Å². The molecule has 1 heterocycles. The van der Waals surface area contributed by atoms with Crippen LogP contribution in [0.15, 0.2) is 47.4 Å². The average Bonchev–Trinajstić information content (AvgIpc) is 3.17. The zero-order chi connectivity index (χ0) is 18.7. The van der Waals surface area contributed by atoms with E-state index >= 15 is 0 Å². The molecule has 0 bridgehead atoms. The summed E-state index contributed by atoms with van der Waals surface area (Å²) in [6.07, 6.45) is 1.66. The molecule has 5 nitrogen and oxygen atoms in total. The lowest BCUT2D eigenvalue weighted by molar-refractivity contribution is 0.0951.